The van der Waals surface area contributed by atoms with Gasteiger partial charge in [-0.1, -0.05) is 238 Å². The SMILES string of the molecule is C=Cc1c2c(c3ccc(-c4ccc(-c5c6ccccc6c(-c6ccc7c(c6)c6ccccc6n7-c6ccccc6)c6ccccc56)cc4)cc3c1C=C)C1(c3ccccc3-c3ccccc31)c1c-2ccc2ccccc12. The number of para-hydroxylation sites is 2. The topological polar surface area (TPSA) is 4.93 Å². The van der Waals surface area contributed by atoms with Crippen molar-refractivity contribution in [3.05, 3.63) is 295 Å². The van der Waals surface area contributed by atoms with Crippen LogP contribution in [0.2, 0.25) is 0 Å². The highest BCUT2D eigenvalue weighted by molar-refractivity contribution is 6.23. The van der Waals surface area contributed by atoms with E-state index in [1.165, 1.54) is 132 Å². The van der Waals surface area contributed by atoms with Crippen LogP contribution in [-0.2, 0) is 5.41 Å². The molecule has 1 heteroatoms. The molecule has 16 rings (SSSR count). The number of aromatic nitrogens is 1. The van der Waals surface area contributed by atoms with Crippen LogP contribution in [0.5, 0.6) is 0 Å². The van der Waals surface area contributed by atoms with Crippen molar-refractivity contribution >= 4 is 77.0 Å². The predicted octanol–water partition coefficient (Wildman–Crippen LogP) is 20.0. The molecule has 0 aliphatic heterocycles. The van der Waals surface area contributed by atoms with Gasteiger partial charge in [0.15, 0.2) is 0 Å². The second kappa shape index (κ2) is 16.1. The van der Waals surface area contributed by atoms with Gasteiger partial charge < -0.3 is 4.57 Å². The van der Waals surface area contributed by atoms with Crippen LogP contribution < -0.4 is 0 Å². The number of hydrogen-bond donors (Lipinski definition) is 0. The summed E-state index contributed by atoms with van der Waals surface area (Å²) in [6.07, 6.45) is 4.12. The predicted molar refractivity (Wildman–Crippen MR) is 324 cm³/mol. The molecule has 0 amide bonds. The lowest BCUT2D eigenvalue weighted by Crippen LogP contribution is -2.26. The molecule has 0 atom stereocenters. The minimum Gasteiger partial charge on any atom is -0.309 e. The van der Waals surface area contributed by atoms with Gasteiger partial charge in [0.1, 0.15) is 0 Å². The Hall–Kier alpha value is -9.82. The highest BCUT2D eigenvalue weighted by Crippen LogP contribution is 2.66. The zero-order valence-corrected chi connectivity index (χ0v) is 41.7. The molecule has 0 saturated carbocycles. The van der Waals surface area contributed by atoms with Gasteiger partial charge in [0.25, 0.3) is 0 Å². The van der Waals surface area contributed by atoms with E-state index in [-0.39, 0.29) is 0 Å². The Morgan fingerprint density at radius 2 is 0.816 bits per heavy atom. The van der Waals surface area contributed by atoms with Gasteiger partial charge in [-0.25, -0.2) is 0 Å². The second-order valence-corrected chi connectivity index (χ2v) is 20.6. The fourth-order valence-corrected chi connectivity index (χ4v) is 14.2. The number of nitrogens with zero attached hydrogens (tertiary/aromatic N) is 1. The molecular weight excluding hydrogens is 915 g/mol. The number of benzene rings is 13. The first-order valence-electron chi connectivity index (χ1n) is 26.4. The Labute approximate surface area is 441 Å². The minimum atomic E-state index is -0.547. The van der Waals surface area contributed by atoms with Crippen LogP contribution in [0.15, 0.2) is 262 Å². The van der Waals surface area contributed by atoms with Crippen molar-refractivity contribution in [1.29, 1.82) is 0 Å². The third-order valence-corrected chi connectivity index (χ3v) is 17.1. The largest absolute Gasteiger partial charge is 0.309 e. The van der Waals surface area contributed by atoms with Crippen LogP contribution in [-0.4, -0.2) is 4.57 Å². The van der Waals surface area contributed by atoms with Crippen molar-refractivity contribution in [2.45, 2.75) is 5.41 Å². The lowest BCUT2D eigenvalue weighted by molar-refractivity contribution is 0.809. The minimum absolute atomic E-state index is 0.547. The zero-order chi connectivity index (χ0) is 50.2. The van der Waals surface area contributed by atoms with Gasteiger partial charge >= 0.3 is 0 Å². The fourth-order valence-electron chi connectivity index (χ4n) is 14.2. The van der Waals surface area contributed by atoms with E-state index in [1.54, 1.807) is 0 Å². The summed E-state index contributed by atoms with van der Waals surface area (Å²) in [5.74, 6) is 0. The van der Waals surface area contributed by atoms with Gasteiger partial charge in [-0.2, -0.15) is 0 Å². The summed E-state index contributed by atoms with van der Waals surface area (Å²) in [5.41, 5.74) is 22.9. The quantitative estimate of drug-likeness (QED) is 0.146. The normalized spacial score (nSPS) is 12.9. The first-order valence-corrected chi connectivity index (χ1v) is 26.4. The van der Waals surface area contributed by atoms with Crippen LogP contribution in [0, 0.1) is 0 Å². The van der Waals surface area contributed by atoms with Gasteiger partial charge in [-0.05, 0) is 169 Å². The average Bonchev–Trinajstić information content (AvgIpc) is 4.28. The number of rotatable bonds is 6. The summed E-state index contributed by atoms with van der Waals surface area (Å²) in [4.78, 5) is 0. The van der Waals surface area contributed by atoms with Crippen molar-refractivity contribution in [3.8, 4) is 61.3 Å². The van der Waals surface area contributed by atoms with Crippen LogP contribution in [0.3, 0.4) is 0 Å². The molecule has 0 radical (unpaired) electrons. The van der Waals surface area contributed by atoms with Crippen molar-refractivity contribution in [3.63, 3.8) is 0 Å². The highest BCUT2D eigenvalue weighted by Gasteiger charge is 2.54. The van der Waals surface area contributed by atoms with Gasteiger partial charge in [-0.15, -0.1) is 0 Å². The molecular formula is C75H47N. The van der Waals surface area contributed by atoms with E-state index in [0.717, 1.165) is 27.9 Å². The molecule has 0 bridgehead atoms. The van der Waals surface area contributed by atoms with Gasteiger partial charge in [0.05, 0.1) is 16.4 Å². The van der Waals surface area contributed by atoms with E-state index in [9.17, 15) is 0 Å². The maximum absolute atomic E-state index is 4.53. The van der Waals surface area contributed by atoms with Crippen molar-refractivity contribution in [1.82, 2.24) is 4.57 Å². The molecule has 1 nitrogen and oxygen atoms in total. The third kappa shape index (κ3) is 5.64. The maximum Gasteiger partial charge on any atom is 0.0737 e. The number of hydrogen-bond acceptors (Lipinski definition) is 0. The molecule has 0 fully saturated rings. The van der Waals surface area contributed by atoms with Crippen molar-refractivity contribution in [2.24, 2.45) is 0 Å². The van der Waals surface area contributed by atoms with Crippen LogP contribution in [0.4, 0.5) is 0 Å². The van der Waals surface area contributed by atoms with Crippen LogP contribution in [0.25, 0.3) is 138 Å². The molecule has 0 saturated heterocycles. The Morgan fingerprint density at radius 1 is 0.303 bits per heavy atom. The zero-order valence-electron chi connectivity index (χ0n) is 41.7. The Bertz CT molecular complexity index is 4730. The van der Waals surface area contributed by atoms with Gasteiger partial charge in [0.2, 0.25) is 0 Å². The van der Waals surface area contributed by atoms with Gasteiger partial charge in [-0.3, -0.25) is 0 Å². The summed E-state index contributed by atoms with van der Waals surface area (Å²) >= 11 is 0. The van der Waals surface area contributed by atoms with Crippen LogP contribution in [0.1, 0.15) is 33.4 Å². The molecule has 13 aromatic carbocycles. The summed E-state index contributed by atoms with van der Waals surface area (Å²) in [6.45, 7) is 9.03. The molecule has 0 N–H and O–H groups in total. The van der Waals surface area contributed by atoms with E-state index < -0.39 is 5.41 Å². The van der Waals surface area contributed by atoms with Crippen molar-refractivity contribution < 1.29 is 0 Å². The summed E-state index contributed by atoms with van der Waals surface area (Å²) in [7, 11) is 0. The monoisotopic (exact) mass is 961 g/mol. The lowest BCUT2D eigenvalue weighted by Gasteiger charge is -2.33. The van der Waals surface area contributed by atoms with E-state index in [2.05, 4.69) is 279 Å². The number of fused-ring (bicyclic) bond motifs is 19. The van der Waals surface area contributed by atoms with Gasteiger partial charge in [0, 0.05) is 16.5 Å². The summed E-state index contributed by atoms with van der Waals surface area (Å²) in [5, 5.41) is 12.4. The van der Waals surface area contributed by atoms with E-state index in [4.69, 9.17) is 0 Å². The van der Waals surface area contributed by atoms with E-state index >= 15 is 0 Å². The second-order valence-electron chi connectivity index (χ2n) is 20.6. The van der Waals surface area contributed by atoms with Crippen molar-refractivity contribution in [2.75, 3.05) is 0 Å². The average molecular weight is 962 g/mol. The summed E-state index contributed by atoms with van der Waals surface area (Å²) < 4.78 is 2.39. The molecule has 1 heterocycles. The molecule has 1 aromatic heterocycles. The first kappa shape index (κ1) is 42.7. The third-order valence-electron chi connectivity index (χ3n) is 17.1. The van der Waals surface area contributed by atoms with Crippen LogP contribution >= 0.6 is 0 Å². The standard InChI is InChI=1S/C75H47N/c1-3-52-53(4-2)72-63-42-38-47-20-8-9-23-54(47)73(63)75(66-31-17-14-24-55(66)56-25-15-18-32-67(56)75)74(72)62-41-39-49(44-64(52)62)46-34-36-48(37-35-46)70-58-27-10-12-29-60(58)71(61-30-13-11-28-59(61)70)50-40-43-69-65(45-50)57-26-16-19-33-68(57)76(69)51-21-6-5-7-22-51/h3-45H,1-2H2. The molecule has 2 aliphatic carbocycles. The Kier molecular flexibility index (Phi) is 9.03. The first-order chi connectivity index (χ1) is 37.6. The molecule has 352 valence electrons. The fraction of sp³-hybridized carbons (Fsp3) is 0.0133. The molecule has 1 spiro atoms. The Morgan fingerprint density at radius 3 is 1.49 bits per heavy atom. The maximum atomic E-state index is 4.53. The Balaban J connectivity index is 0.870. The molecule has 0 unspecified atom stereocenters. The van der Waals surface area contributed by atoms with E-state index in [1.807, 2.05) is 0 Å². The smallest absolute Gasteiger partial charge is 0.0737 e. The molecule has 76 heavy (non-hydrogen) atoms. The molecule has 14 aromatic rings. The lowest BCUT2D eigenvalue weighted by atomic mass is 9.68. The van der Waals surface area contributed by atoms with E-state index in [0.29, 0.717) is 0 Å². The summed E-state index contributed by atoms with van der Waals surface area (Å²) in [6, 6.07) is 92.7. The molecule has 2 aliphatic rings. The highest BCUT2D eigenvalue weighted by atomic mass is 15.0.